The molecule has 6 bridgehead atoms. The minimum absolute atomic E-state index is 0.0113. The Morgan fingerprint density at radius 3 is 1.44 bits per heavy atom. The summed E-state index contributed by atoms with van der Waals surface area (Å²) in [5.74, 6) is -5.82. The van der Waals surface area contributed by atoms with E-state index in [0.29, 0.717) is 6.42 Å². The molecule has 16 nitrogen and oxygen atoms in total. The smallest absolute Gasteiger partial charge is 0.444 e. The van der Waals surface area contributed by atoms with Gasteiger partial charge in [-0.3, -0.25) is 19.2 Å². The lowest BCUT2D eigenvalue weighted by atomic mass is 9.88. The number of aromatic nitrogens is 4. The van der Waals surface area contributed by atoms with E-state index in [1.807, 2.05) is 29.6 Å². The molecule has 2 aromatic rings. The maximum Gasteiger partial charge on any atom is 0.471 e. The Bertz CT molecular complexity index is 2180. The zero-order valence-electron chi connectivity index (χ0n) is 33.7. The second kappa shape index (κ2) is 19.7. The number of amides is 5. The van der Waals surface area contributed by atoms with Crippen molar-refractivity contribution in [3.05, 3.63) is 76.2 Å². The number of allylic oxidation sites excluding steroid dienone is 3. The van der Waals surface area contributed by atoms with E-state index in [2.05, 4.69) is 30.6 Å². The van der Waals surface area contributed by atoms with Gasteiger partial charge in [0.15, 0.2) is 22.6 Å². The van der Waals surface area contributed by atoms with Gasteiger partial charge in [-0.05, 0) is 98.7 Å². The molecule has 3 fully saturated rings. The number of alkyl carbamates (subject to hydrolysis) is 1. The van der Waals surface area contributed by atoms with Gasteiger partial charge in [-0.25, -0.2) is 28.5 Å². The Balaban J connectivity index is 0.000000163. The third kappa shape index (κ3) is 12.1. The van der Waals surface area contributed by atoms with Crippen LogP contribution >= 0.6 is 34.8 Å². The molecule has 6 aliphatic carbocycles. The summed E-state index contributed by atoms with van der Waals surface area (Å²) in [4.78, 5) is 70.8. The van der Waals surface area contributed by atoms with E-state index in [9.17, 15) is 45.9 Å². The van der Waals surface area contributed by atoms with Gasteiger partial charge in [0.05, 0.1) is 36.2 Å². The maximum atomic E-state index is 13.6. The van der Waals surface area contributed by atoms with E-state index in [-0.39, 0.29) is 92.8 Å². The molecule has 24 heteroatoms. The van der Waals surface area contributed by atoms with Crippen molar-refractivity contribution in [2.75, 3.05) is 5.32 Å². The average molecular weight is 950 g/mol. The standard InChI is InChI=1S/C13H20N2O3.C12H12ClFN4O.C10H11F3N2O2.C4HCl2FN2/c1-13(2,3)18-12(17)15-10-8-5-4-7(6-8)9(10)11(14)16;13-12-16-4-7(14)11(18-12)17-9-6-2-1-5(3-6)8(9)10(15)19;11-10(12,13)9(17)15-7-5-2-1-4(3-5)6(7)8(14)16;5-3-2(7)1-8-4(6)9-3/h4-5,7-10H,6H2,1-3H3,(H2,14,16)(H,15,17);1-2,4-6,8-9H,3H2,(H2,15,19)(H,16,17,18);1-2,4-7H,3H2,(H2,14,16)(H,15,17);1H/t7-,8+,9+,10-;5-,6+,8+,9-;4-,5+,6+,7+;/m111./s1. The molecule has 0 radical (unpaired) electrons. The van der Waals surface area contributed by atoms with Crippen molar-refractivity contribution in [3.8, 4) is 0 Å². The normalized spacial score (nSPS) is 30.0. The monoisotopic (exact) mass is 948 g/mol. The predicted octanol–water partition coefficient (Wildman–Crippen LogP) is 4.81. The Morgan fingerprint density at radius 2 is 1.03 bits per heavy atom. The number of nitrogens with zero attached hydrogens (tertiary/aromatic N) is 4. The average Bonchev–Trinajstić information content (AvgIpc) is 4.04. The van der Waals surface area contributed by atoms with E-state index in [1.54, 1.807) is 32.9 Å². The van der Waals surface area contributed by atoms with Crippen molar-refractivity contribution >= 4 is 70.3 Å². The van der Waals surface area contributed by atoms with Crippen molar-refractivity contribution in [1.29, 1.82) is 0 Å². The van der Waals surface area contributed by atoms with Crippen LogP contribution in [0.2, 0.25) is 15.7 Å². The fraction of sp³-hybridized carbons (Fsp3) is 0.513. The first-order valence-corrected chi connectivity index (χ1v) is 20.6. The van der Waals surface area contributed by atoms with Crippen LogP contribution in [-0.4, -0.2) is 79.6 Å². The Kier molecular flexibility index (Phi) is 15.3. The molecule has 2 heterocycles. The van der Waals surface area contributed by atoms with Crippen LogP contribution in [0.3, 0.4) is 0 Å². The lowest BCUT2D eigenvalue weighted by molar-refractivity contribution is -0.175. The van der Waals surface area contributed by atoms with E-state index >= 15 is 0 Å². The van der Waals surface area contributed by atoms with Crippen LogP contribution in [-0.2, 0) is 23.9 Å². The topological polar surface area (TPSA) is 260 Å². The van der Waals surface area contributed by atoms with Crippen molar-refractivity contribution in [1.82, 2.24) is 30.6 Å². The molecule has 0 unspecified atom stereocenters. The quantitative estimate of drug-likeness (QED) is 0.0950. The molecule has 0 spiro atoms. The molecule has 3 saturated carbocycles. The highest BCUT2D eigenvalue weighted by Crippen LogP contribution is 2.46. The van der Waals surface area contributed by atoms with E-state index in [1.165, 1.54) is 0 Å². The van der Waals surface area contributed by atoms with Gasteiger partial charge < -0.3 is 37.9 Å². The molecule has 0 aromatic carbocycles. The van der Waals surface area contributed by atoms with Gasteiger partial charge in [-0.15, -0.1) is 0 Å². The zero-order valence-corrected chi connectivity index (χ0v) is 35.9. The first kappa shape index (κ1) is 48.9. The summed E-state index contributed by atoms with van der Waals surface area (Å²) in [6.45, 7) is 5.41. The van der Waals surface area contributed by atoms with E-state index < -0.39 is 53.3 Å². The van der Waals surface area contributed by atoms with Crippen molar-refractivity contribution in [2.24, 2.45) is 70.5 Å². The largest absolute Gasteiger partial charge is 0.471 e. The van der Waals surface area contributed by atoms with Crippen molar-refractivity contribution in [2.45, 2.75) is 69.9 Å². The number of carbonyl (C=O) groups is 5. The Morgan fingerprint density at radius 1 is 0.635 bits per heavy atom. The van der Waals surface area contributed by atoms with E-state index in [4.69, 9.17) is 56.7 Å². The number of ether oxygens (including phenoxy) is 1. The predicted molar refractivity (Wildman–Crippen MR) is 218 cm³/mol. The van der Waals surface area contributed by atoms with Gasteiger partial charge in [-0.1, -0.05) is 48.1 Å². The van der Waals surface area contributed by atoms with Crippen LogP contribution in [0.25, 0.3) is 0 Å². The third-order valence-electron chi connectivity index (χ3n) is 11.3. The van der Waals surface area contributed by atoms with E-state index in [0.717, 1.165) is 25.2 Å². The molecule has 2 aromatic heterocycles. The minimum Gasteiger partial charge on any atom is -0.444 e. The zero-order chi connectivity index (χ0) is 46.7. The third-order valence-corrected chi connectivity index (χ3v) is 11.9. The summed E-state index contributed by atoms with van der Waals surface area (Å²) >= 11 is 16.1. The summed E-state index contributed by atoms with van der Waals surface area (Å²) in [5, 5.41) is 7.25. The minimum atomic E-state index is -4.94. The molecular formula is C39H44Cl3F5N10O6. The Labute approximate surface area is 372 Å². The number of hydrogen-bond acceptors (Lipinski definition) is 11. The molecule has 0 saturated heterocycles. The molecule has 342 valence electrons. The summed E-state index contributed by atoms with van der Waals surface area (Å²) in [6.07, 6.45) is 10.4. The number of halogens is 8. The summed E-state index contributed by atoms with van der Waals surface area (Å²) in [6, 6.07) is -1.31. The lowest BCUT2D eigenvalue weighted by Crippen LogP contribution is -2.51. The molecule has 63 heavy (non-hydrogen) atoms. The number of primary amides is 3. The van der Waals surface area contributed by atoms with Crippen LogP contribution in [0, 0.1) is 64.9 Å². The first-order chi connectivity index (χ1) is 29.3. The number of anilines is 1. The summed E-state index contributed by atoms with van der Waals surface area (Å²) in [7, 11) is 0. The molecule has 8 rings (SSSR count). The van der Waals surface area contributed by atoms with Gasteiger partial charge in [-0.2, -0.15) is 18.2 Å². The van der Waals surface area contributed by atoms with Gasteiger partial charge in [0, 0.05) is 12.1 Å². The maximum absolute atomic E-state index is 13.6. The number of nitrogens with one attached hydrogen (secondary N) is 3. The second-order valence-corrected chi connectivity index (χ2v) is 17.6. The number of fused-ring (bicyclic) bond motifs is 6. The summed E-state index contributed by atoms with van der Waals surface area (Å²) < 4.78 is 67.4. The molecule has 12 atom stereocenters. The number of nitrogens with two attached hydrogens (primary N) is 3. The molecule has 6 aliphatic rings. The number of alkyl halides is 3. The van der Waals surface area contributed by atoms with Crippen molar-refractivity contribution < 1.29 is 50.7 Å². The second-order valence-electron chi connectivity index (χ2n) is 16.6. The number of rotatable bonds is 7. The van der Waals surface area contributed by atoms with Crippen LogP contribution in [0.1, 0.15) is 40.0 Å². The van der Waals surface area contributed by atoms with Gasteiger partial charge in [0.1, 0.15) is 5.60 Å². The molecule has 9 N–H and O–H groups in total. The molecule has 0 aliphatic heterocycles. The molecular weight excluding hydrogens is 906 g/mol. The highest BCUT2D eigenvalue weighted by molar-refractivity contribution is 6.31. The summed E-state index contributed by atoms with van der Waals surface area (Å²) in [5.41, 5.74) is 15.5. The van der Waals surface area contributed by atoms with Gasteiger partial charge in [0.25, 0.3) is 0 Å². The fourth-order valence-electron chi connectivity index (χ4n) is 8.83. The van der Waals surface area contributed by atoms with Gasteiger partial charge in [0.2, 0.25) is 28.3 Å². The molecule has 5 amide bonds. The van der Waals surface area contributed by atoms with Crippen LogP contribution < -0.4 is 33.2 Å². The van der Waals surface area contributed by atoms with Crippen LogP contribution in [0.5, 0.6) is 0 Å². The highest BCUT2D eigenvalue weighted by atomic mass is 35.5. The van der Waals surface area contributed by atoms with Crippen molar-refractivity contribution in [3.63, 3.8) is 0 Å². The SMILES string of the molecule is CC(C)(C)OC(=O)N[C@H]1[C@@H](C(N)=O)[C@@H]2C=C[C@H]1C2.Fc1cnc(Cl)nc1Cl.NC(=O)[C@@H]1[C@@H](NC(=O)C(F)(F)F)[C@H]2C=C[C@@H]1C2.NC(=O)[C@@H]1[C@H](Nc2nc(Cl)ncc2F)[C@H]2C=C[C@@H]1C2. The highest BCUT2D eigenvalue weighted by Gasteiger charge is 2.52. The Hall–Kier alpha value is -5.15. The number of carbonyl (C=O) groups excluding carboxylic acids is 5. The van der Waals surface area contributed by atoms with Crippen LogP contribution in [0.15, 0.2) is 48.8 Å². The van der Waals surface area contributed by atoms with Gasteiger partial charge >= 0.3 is 18.2 Å². The lowest BCUT2D eigenvalue weighted by Gasteiger charge is -2.28. The first-order valence-electron chi connectivity index (χ1n) is 19.4. The van der Waals surface area contributed by atoms with Crippen LogP contribution in [0.4, 0.5) is 32.6 Å². The number of hydrogen-bond donors (Lipinski definition) is 6. The fourth-order valence-corrected chi connectivity index (χ4v) is 9.27.